The summed E-state index contributed by atoms with van der Waals surface area (Å²) in [4.78, 5) is 7.40. The van der Waals surface area contributed by atoms with E-state index in [4.69, 9.17) is 4.98 Å². The van der Waals surface area contributed by atoms with Crippen molar-refractivity contribution in [3.63, 3.8) is 0 Å². The van der Waals surface area contributed by atoms with Gasteiger partial charge in [-0.15, -0.1) is 0 Å². The van der Waals surface area contributed by atoms with Crippen LogP contribution in [0.1, 0.15) is 43.4 Å². The van der Waals surface area contributed by atoms with Crippen LogP contribution in [0, 0.1) is 12.8 Å². The van der Waals surface area contributed by atoms with Crippen LogP contribution in [0.25, 0.3) is 0 Å². The zero-order valence-electron chi connectivity index (χ0n) is 11.7. The highest BCUT2D eigenvalue weighted by Crippen LogP contribution is 2.39. The molecule has 2 aliphatic carbocycles. The van der Waals surface area contributed by atoms with Gasteiger partial charge in [0.1, 0.15) is 5.82 Å². The van der Waals surface area contributed by atoms with Crippen LogP contribution in [-0.2, 0) is 6.54 Å². The lowest BCUT2D eigenvalue weighted by atomic mass is 10.1. The first-order valence-electron chi connectivity index (χ1n) is 7.76. The molecule has 1 aromatic heterocycles. The third-order valence-corrected chi connectivity index (χ3v) is 5.04. The number of nitrogens with zero attached hydrogens (tertiary/aromatic N) is 2. The van der Waals surface area contributed by atoms with E-state index in [0.717, 1.165) is 24.5 Å². The Hall–Kier alpha value is -1.09. The van der Waals surface area contributed by atoms with Gasteiger partial charge in [-0.25, -0.2) is 4.98 Å². The van der Waals surface area contributed by atoms with Gasteiger partial charge in [0.15, 0.2) is 0 Å². The van der Waals surface area contributed by atoms with Crippen LogP contribution in [0.15, 0.2) is 12.1 Å². The van der Waals surface area contributed by atoms with Crippen LogP contribution in [0.4, 0.5) is 5.82 Å². The molecular formula is C16H23N3. The van der Waals surface area contributed by atoms with Crippen LogP contribution in [0.2, 0.25) is 0 Å². The van der Waals surface area contributed by atoms with Crippen molar-refractivity contribution >= 4 is 5.82 Å². The molecule has 0 aromatic carbocycles. The molecule has 2 unspecified atom stereocenters. The van der Waals surface area contributed by atoms with Crippen molar-refractivity contribution in [2.24, 2.45) is 5.92 Å². The Morgan fingerprint density at radius 3 is 2.79 bits per heavy atom. The van der Waals surface area contributed by atoms with Crippen molar-refractivity contribution in [2.45, 2.75) is 57.7 Å². The topological polar surface area (TPSA) is 28.2 Å². The molecule has 2 saturated carbocycles. The summed E-state index contributed by atoms with van der Waals surface area (Å²) >= 11 is 0. The number of rotatable bonds is 4. The molecule has 102 valence electrons. The van der Waals surface area contributed by atoms with Gasteiger partial charge < -0.3 is 10.2 Å². The van der Waals surface area contributed by atoms with E-state index in [1.807, 2.05) is 0 Å². The molecule has 4 rings (SSSR count). The van der Waals surface area contributed by atoms with Crippen LogP contribution in [0.5, 0.6) is 0 Å². The first-order valence-corrected chi connectivity index (χ1v) is 7.76. The molecule has 0 amide bonds. The molecule has 2 bridgehead atoms. The fourth-order valence-corrected chi connectivity index (χ4v) is 3.67. The smallest absolute Gasteiger partial charge is 0.129 e. The van der Waals surface area contributed by atoms with Gasteiger partial charge in [0, 0.05) is 30.9 Å². The summed E-state index contributed by atoms with van der Waals surface area (Å²) in [5.41, 5.74) is 2.56. The van der Waals surface area contributed by atoms with E-state index in [2.05, 4.69) is 29.3 Å². The Labute approximate surface area is 115 Å². The van der Waals surface area contributed by atoms with Crippen molar-refractivity contribution in [3.05, 3.63) is 23.4 Å². The van der Waals surface area contributed by atoms with Crippen molar-refractivity contribution in [3.8, 4) is 0 Å². The van der Waals surface area contributed by atoms with E-state index in [1.54, 1.807) is 0 Å². The van der Waals surface area contributed by atoms with E-state index in [-0.39, 0.29) is 0 Å². The zero-order valence-corrected chi connectivity index (χ0v) is 11.7. The molecule has 1 aliphatic heterocycles. The summed E-state index contributed by atoms with van der Waals surface area (Å²) in [7, 11) is 0. The Morgan fingerprint density at radius 1 is 1.26 bits per heavy atom. The number of fused-ring (bicyclic) bond motifs is 2. The number of aromatic nitrogens is 1. The van der Waals surface area contributed by atoms with Crippen LogP contribution < -0.4 is 10.2 Å². The highest BCUT2D eigenvalue weighted by Gasteiger charge is 2.38. The maximum Gasteiger partial charge on any atom is 0.129 e. The molecule has 0 spiro atoms. The summed E-state index contributed by atoms with van der Waals surface area (Å²) in [5.74, 6) is 2.14. The molecule has 1 saturated heterocycles. The Bertz CT molecular complexity index is 481. The van der Waals surface area contributed by atoms with Crippen LogP contribution in [-0.4, -0.2) is 23.6 Å². The SMILES string of the molecule is Cc1nc(N2CC3CCC2C3)ccc1CNC1CC1. The minimum atomic E-state index is 0.771. The number of hydrogen-bond acceptors (Lipinski definition) is 3. The number of hydrogen-bond donors (Lipinski definition) is 1. The molecule has 2 heterocycles. The monoisotopic (exact) mass is 257 g/mol. The lowest BCUT2D eigenvalue weighted by Crippen LogP contribution is -2.32. The number of piperidine rings is 1. The summed E-state index contributed by atoms with van der Waals surface area (Å²) in [6.45, 7) is 4.37. The van der Waals surface area contributed by atoms with Crippen molar-refractivity contribution < 1.29 is 0 Å². The van der Waals surface area contributed by atoms with Gasteiger partial charge in [0.05, 0.1) is 0 Å². The van der Waals surface area contributed by atoms with Crippen molar-refractivity contribution in [1.82, 2.24) is 10.3 Å². The highest BCUT2D eigenvalue weighted by atomic mass is 15.2. The Balaban J connectivity index is 1.49. The normalized spacial score (nSPS) is 29.2. The molecule has 3 fully saturated rings. The third kappa shape index (κ3) is 2.25. The van der Waals surface area contributed by atoms with E-state index < -0.39 is 0 Å². The molecule has 1 aromatic rings. The molecule has 19 heavy (non-hydrogen) atoms. The number of pyridine rings is 1. The molecular weight excluding hydrogens is 234 g/mol. The standard InChI is InChI=1S/C16H23N3/c1-11-13(9-17-14-4-5-14)3-7-16(18-11)19-10-12-2-6-15(19)8-12/h3,7,12,14-15,17H,2,4-6,8-10H2,1H3. The molecule has 3 aliphatic rings. The summed E-state index contributed by atoms with van der Waals surface area (Å²) < 4.78 is 0. The van der Waals surface area contributed by atoms with E-state index in [0.29, 0.717) is 0 Å². The second-order valence-electron chi connectivity index (χ2n) is 6.55. The van der Waals surface area contributed by atoms with Gasteiger partial charge in [0.2, 0.25) is 0 Å². The van der Waals surface area contributed by atoms with Gasteiger partial charge in [-0.3, -0.25) is 0 Å². The number of anilines is 1. The van der Waals surface area contributed by atoms with Crippen LogP contribution in [0.3, 0.4) is 0 Å². The molecule has 3 nitrogen and oxygen atoms in total. The third-order valence-electron chi connectivity index (χ3n) is 5.04. The van der Waals surface area contributed by atoms with Gasteiger partial charge >= 0.3 is 0 Å². The minimum absolute atomic E-state index is 0.771. The Kier molecular flexibility index (Phi) is 2.76. The molecule has 2 atom stereocenters. The van der Waals surface area contributed by atoms with Gasteiger partial charge in [-0.2, -0.15) is 0 Å². The highest BCUT2D eigenvalue weighted by molar-refractivity contribution is 5.45. The number of nitrogens with one attached hydrogen (secondary N) is 1. The number of aryl methyl sites for hydroxylation is 1. The molecule has 0 radical (unpaired) electrons. The van der Waals surface area contributed by atoms with Crippen molar-refractivity contribution in [2.75, 3.05) is 11.4 Å². The average Bonchev–Trinajstić information content (AvgIpc) is 3.00. The van der Waals surface area contributed by atoms with Gasteiger partial charge in [-0.1, -0.05) is 6.07 Å². The first-order chi connectivity index (χ1) is 9.29. The van der Waals surface area contributed by atoms with Crippen LogP contribution >= 0.6 is 0 Å². The summed E-state index contributed by atoms with van der Waals surface area (Å²) in [6, 6.07) is 6.05. The second kappa shape index (κ2) is 4.48. The lowest BCUT2D eigenvalue weighted by molar-refractivity contribution is 0.550. The minimum Gasteiger partial charge on any atom is -0.353 e. The second-order valence-corrected chi connectivity index (χ2v) is 6.55. The maximum absolute atomic E-state index is 4.86. The quantitative estimate of drug-likeness (QED) is 0.898. The maximum atomic E-state index is 4.86. The van der Waals surface area contributed by atoms with E-state index >= 15 is 0 Å². The largest absolute Gasteiger partial charge is 0.353 e. The van der Waals surface area contributed by atoms with Gasteiger partial charge in [0.25, 0.3) is 0 Å². The fraction of sp³-hybridized carbons (Fsp3) is 0.688. The first kappa shape index (κ1) is 11.7. The summed E-state index contributed by atoms with van der Waals surface area (Å²) in [5, 5.41) is 3.58. The fourth-order valence-electron chi connectivity index (χ4n) is 3.67. The predicted molar refractivity (Wildman–Crippen MR) is 77.3 cm³/mol. The summed E-state index contributed by atoms with van der Waals surface area (Å²) in [6.07, 6.45) is 6.90. The van der Waals surface area contributed by atoms with Crippen molar-refractivity contribution in [1.29, 1.82) is 0 Å². The van der Waals surface area contributed by atoms with E-state index in [1.165, 1.54) is 55.7 Å². The molecule has 1 N–H and O–H groups in total. The Morgan fingerprint density at radius 2 is 2.16 bits per heavy atom. The average molecular weight is 257 g/mol. The predicted octanol–water partition coefficient (Wildman–Crippen LogP) is 2.63. The van der Waals surface area contributed by atoms with Gasteiger partial charge in [-0.05, 0) is 56.6 Å². The lowest BCUT2D eigenvalue weighted by Gasteiger charge is -2.28. The molecule has 3 heteroatoms. The van der Waals surface area contributed by atoms with E-state index in [9.17, 15) is 0 Å². The zero-order chi connectivity index (χ0) is 12.8.